The Kier molecular flexibility index (Phi) is 22.8. The van der Waals surface area contributed by atoms with Crippen LogP contribution in [0.4, 0.5) is 0 Å². The number of hydrogen-bond donors (Lipinski definition) is 0. The van der Waals surface area contributed by atoms with Gasteiger partial charge in [-0.3, -0.25) is 35.5 Å². The minimum atomic E-state index is 0. The number of allylic oxidation sites excluding steroid dienone is 24. The van der Waals surface area contributed by atoms with Crippen molar-refractivity contribution in [2.24, 2.45) is 0 Å². The monoisotopic (exact) mass is 632 g/mol. The normalized spacial score (nSPS) is 15.8. The zero-order valence-electron chi connectivity index (χ0n) is 24.0. The molecule has 0 aromatic rings. The summed E-state index contributed by atoms with van der Waals surface area (Å²) in [4.78, 5) is 0. The molecule has 0 N–H and O–H groups in total. The summed E-state index contributed by atoms with van der Waals surface area (Å²) in [6.07, 6.45) is 80.3. The Morgan fingerprint density at radius 2 is 0.442 bits per heavy atom. The van der Waals surface area contributed by atoms with Crippen molar-refractivity contribution in [1.29, 1.82) is 0 Å². The van der Waals surface area contributed by atoms with Gasteiger partial charge in [0.1, 0.15) is 0 Å². The van der Waals surface area contributed by atoms with Gasteiger partial charge in [0.05, 0.1) is 0 Å². The Morgan fingerprint density at radius 3 is 0.488 bits per heavy atom. The molecule has 0 atom stereocenters. The van der Waals surface area contributed by atoms with Crippen molar-refractivity contribution >= 4 is 0 Å². The van der Waals surface area contributed by atoms with Gasteiger partial charge in [0.2, 0.25) is 0 Å². The molecule has 0 unspecified atom stereocenters. The van der Waals surface area contributed by atoms with Gasteiger partial charge >= 0.3 is 21.1 Å². The molecular weight excluding hydrogens is 600 g/mol. The van der Waals surface area contributed by atoms with E-state index in [1.165, 1.54) is 0 Å². The van der Waals surface area contributed by atoms with E-state index in [4.69, 9.17) is 38.5 Å². The molecule has 6 aliphatic rings. The van der Waals surface area contributed by atoms with E-state index in [-0.39, 0.29) is 21.1 Å². The quantitative estimate of drug-likeness (QED) is 0.143. The predicted molar refractivity (Wildman–Crippen MR) is 174 cm³/mol. The summed E-state index contributed by atoms with van der Waals surface area (Å²) in [6, 6.07) is 0. The molecule has 0 aromatic carbocycles. The summed E-state index contributed by atoms with van der Waals surface area (Å²) in [5, 5.41) is 0. The second-order valence-corrected chi connectivity index (χ2v) is 8.70. The van der Waals surface area contributed by atoms with E-state index in [1.54, 1.807) is 0 Å². The minimum Gasteiger partial charge on any atom is -0.366 e. The van der Waals surface area contributed by atoms with Crippen molar-refractivity contribution in [3.63, 3.8) is 0 Å². The Labute approximate surface area is 275 Å². The molecule has 0 nitrogen and oxygen atoms in total. The molecule has 0 saturated carbocycles. The van der Waals surface area contributed by atoms with Crippen molar-refractivity contribution in [2.75, 3.05) is 0 Å². The Hall–Kier alpha value is -5.07. The first kappa shape index (κ1) is 37.9. The maximum atomic E-state index is 6.64. The van der Waals surface area contributed by atoms with Gasteiger partial charge in [-0.05, 0) is 0 Å². The van der Waals surface area contributed by atoms with Crippen LogP contribution in [-0.4, -0.2) is 0 Å². The molecule has 6 aliphatic carbocycles. The van der Waals surface area contributed by atoms with Gasteiger partial charge in [0.25, 0.3) is 0 Å². The summed E-state index contributed by atoms with van der Waals surface area (Å²) in [5.74, 6) is 13.9. The SMILES string of the molecule is [C-]#CC1=CC=CC1.[C-]#CC1=CC=CC1.[C-]#CC1=CC=CC1.[C-]#CC1=CC=CC1.[C-]#CC1=CC=CC1.[C-]#CC1=CC=CC1.[Mo+6]. The molecule has 0 aliphatic heterocycles. The van der Waals surface area contributed by atoms with Crippen LogP contribution in [0.15, 0.2) is 143 Å². The van der Waals surface area contributed by atoms with Crippen LogP contribution < -0.4 is 0 Å². The first-order chi connectivity index (χ1) is 20.6. The molecule has 0 aromatic heterocycles. The molecule has 0 bridgehead atoms. The molecule has 0 amide bonds. The fourth-order valence-corrected chi connectivity index (χ4v) is 3.24. The Morgan fingerprint density at radius 1 is 0.302 bits per heavy atom. The van der Waals surface area contributed by atoms with E-state index in [0.717, 1.165) is 72.0 Å². The summed E-state index contributed by atoms with van der Waals surface area (Å²) in [6.45, 7) is 0. The third-order valence-electron chi connectivity index (χ3n) is 5.59. The molecule has 1 heteroatoms. The topological polar surface area (TPSA) is 0 Å². The van der Waals surface area contributed by atoms with Crippen LogP contribution in [0.2, 0.25) is 0 Å². The van der Waals surface area contributed by atoms with Crippen molar-refractivity contribution in [1.82, 2.24) is 0 Å². The van der Waals surface area contributed by atoms with Crippen LogP contribution in [-0.2, 0) is 21.1 Å². The standard InChI is InChI=1S/6C7H5.Mo/c6*1-2-7-5-3-4-6-7;/h6*3-5H,6H2;/q6*-1;+6. The molecule has 0 saturated heterocycles. The summed E-state index contributed by atoms with van der Waals surface area (Å²) in [7, 11) is 0. The summed E-state index contributed by atoms with van der Waals surface area (Å²) in [5.41, 5.74) is 5.83. The number of rotatable bonds is 0. The second kappa shape index (κ2) is 25.9. The largest absolute Gasteiger partial charge is 6.00 e. The van der Waals surface area contributed by atoms with Gasteiger partial charge in [-0.2, -0.15) is 0 Å². The van der Waals surface area contributed by atoms with Crippen LogP contribution >= 0.6 is 0 Å². The van der Waals surface area contributed by atoms with Gasteiger partial charge < -0.3 is 38.5 Å². The van der Waals surface area contributed by atoms with Gasteiger partial charge in [-0.25, -0.2) is 0 Å². The first-order valence-electron chi connectivity index (χ1n) is 13.3. The average Bonchev–Trinajstić information content (AvgIpc) is 3.91. The minimum absolute atomic E-state index is 0. The second-order valence-electron chi connectivity index (χ2n) is 8.70. The molecule has 204 valence electrons. The maximum absolute atomic E-state index is 6.64. The first-order valence-corrected chi connectivity index (χ1v) is 13.3. The molecular formula is C42H30Mo. The summed E-state index contributed by atoms with van der Waals surface area (Å²) >= 11 is 0. The van der Waals surface area contributed by atoms with E-state index in [1.807, 2.05) is 109 Å². The third kappa shape index (κ3) is 18.8. The van der Waals surface area contributed by atoms with Crippen molar-refractivity contribution < 1.29 is 21.1 Å². The van der Waals surface area contributed by atoms with E-state index in [0.29, 0.717) is 0 Å². The number of hydrogen-bond acceptors (Lipinski definition) is 0. The van der Waals surface area contributed by atoms with E-state index in [9.17, 15) is 0 Å². The van der Waals surface area contributed by atoms with Gasteiger partial charge in [-0.15, -0.1) is 69.9 Å². The molecule has 0 spiro atoms. The third-order valence-corrected chi connectivity index (χ3v) is 5.59. The summed E-state index contributed by atoms with van der Waals surface area (Å²) < 4.78 is 0. The average molecular weight is 631 g/mol. The fourth-order valence-electron chi connectivity index (χ4n) is 3.24. The zero-order valence-corrected chi connectivity index (χ0v) is 26.1. The van der Waals surface area contributed by atoms with Gasteiger partial charge in [0.15, 0.2) is 0 Å². The van der Waals surface area contributed by atoms with Gasteiger partial charge in [-0.1, -0.05) is 111 Å². The molecule has 0 fully saturated rings. The van der Waals surface area contributed by atoms with E-state index in [2.05, 4.69) is 35.5 Å². The molecule has 6 rings (SSSR count). The van der Waals surface area contributed by atoms with Crippen LogP contribution in [0.3, 0.4) is 0 Å². The van der Waals surface area contributed by atoms with Crippen molar-refractivity contribution in [3.05, 3.63) is 181 Å². The smallest absolute Gasteiger partial charge is 0.366 e. The van der Waals surface area contributed by atoms with E-state index >= 15 is 0 Å². The maximum Gasteiger partial charge on any atom is 6.00 e. The van der Waals surface area contributed by atoms with Crippen LogP contribution in [0, 0.1) is 74.1 Å². The molecule has 0 heterocycles. The van der Waals surface area contributed by atoms with Crippen LogP contribution in [0.5, 0.6) is 0 Å². The Balaban J connectivity index is 0.000000490. The van der Waals surface area contributed by atoms with E-state index < -0.39 is 0 Å². The van der Waals surface area contributed by atoms with Crippen LogP contribution in [0.25, 0.3) is 0 Å². The molecule has 43 heavy (non-hydrogen) atoms. The predicted octanol–water partition coefficient (Wildman–Crippen LogP) is 8.77. The van der Waals surface area contributed by atoms with Crippen molar-refractivity contribution in [2.45, 2.75) is 38.5 Å². The van der Waals surface area contributed by atoms with Crippen LogP contribution in [0.1, 0.15) is 38.5 Å². The van der Waals surface area contributed by atoms with Crippen molar-refractivity contribution in [3.8, 4) is 35.5 Å². The zero-order chi connectivity index (χ0) is 30.7. The Bertz CT molecular complexity index is 1240. The molecule has 0 radical (unpaired) electrons. The van der Waals surface area contributed by atoms with Gasteiger partial charge in [0, 0.05) is 0 Å². The fraction of sp³-hybridized carbons (Fsp3) is 0.143.